The Morgan fingerprint density at radius 3 is 3.00 bits per heavy atom. The van der Waals surface area contributed by atoms with Crippen LogP contribution in [0.25, 0.3) is 0 Å². The van der Waals surface area contributed by atoms with Gasteiger partial charge in [0.15, 0.2) is 0 Å². The number of hydrogen-bond acceptors (Lipinski definition) is 4. The maximum atomic E-state index is 5.39. The lowest BCUT2D eigenvalue weighted by atomic mass is 10.2. The smallest absolute Gasteiger partial charge is 0.134 e. The first-order chi connectivity index (χ1) is 7.66. The Morgan fingerprint density at radius 2 is 2.44 bits per heavy atom. The summed E-state index contributed by atoms with van der Waals surface area (Å²) >= 11 is 5.17. The standard InChI is InChI=1S/C11H13BrN2OS/c1-7-5-14-10(16-7)6-13-8(2)11-9(12)3-4-15-11/h3-5,8,13H,6H2,1-2H3. The largest absolute Gasteiger partial charge is 0.466 e. The molecule has 2 aromatic heterocycles. The van der Waals surface area contributed by atoms with E-state index in [9.17, 15) is 0 Å². The molecule has 0 saturated heterocycles. The number of thiazole rings is 1. The summed E-state index contributed by atoms with van der Waals surface area (Å²) in [6.45, 7) is 4.91. The van der Waals surface area contributed by atoms with Gasteiger partial charge in [-0.25, -0.2) is 4.98 Å². The highest BCUT2D eigenvalue weighted by Crippen LogP contribution is 2.24. The molecule has 1 unspecified atom stereocenters. The van der Waals surface area contributed by atoms with Crippen molar-refractivity contribution in [3.8, 4) is 0 Å². The SMILES string of the molecule is Cc1cnc(CNC(C)c2occc2Br)s1. The van der Waals surface area contributed by atoms with Crippen LogP contribution in [0.3, 0.4) is 0 Å². The lowest BCUT2D eigenvalue weighted by Crippen LogP contribution is -2.17. The van der Waals surface area contributed by atoms with Crippen molar-refractivity contribution in [1.29, 1.82) is 0 Å². The Bertz CT molecular complexity index is 466. The molecule has 0 amide bonds. The van der Waals surface area contributed by atoms with Gasteiger partial charge in [0, 0.05) is 17.6 Å². The third-order valence-corrected chi connectivity index (χ3v) is 3.83. The molecule has 0 radical (unpaired) electrons. The summed E-state index contributed by atoms with van der Waals surface area (Å²) in [5.41, 5.74) is 0. The van der Waals surface area contributed by atoms with Crippen LogP contribution in [-0.2, 0) is 6.54 Å². The van der Waals surface area contributed by atoms with Gasteiger partial charge in [-0.05, 0) is 35.8 Å². The zero-order valence-corrected chi connectivity index (χ0v) is 11.6. The van der Waals surface area contributed by atoms with Crippen LogP contribution in [0.5, 0.6) is 0 Å². The van der Waals surface area contributed by atoms with Gasteiger partial charge in [0.05, 0.1) is 16.8 Å². The zero-order chi connectivity index (χ0) is 11.5. The van der Waals surface area contributed by atoms with Crippen LogP contribution in [0.4, 0.5) is 0 Å². The second kappa shape index (κ2) is 5.12. The van der Waals surface area contributed by atoms with Gasteiger partial charge in [0.2, 0.25) is 0 Å². The summed E-state index contributed by atoms with van der Waals surface area (Å²) in [5, 5.41) is 4.48. The van der Waals surface area contributed by atoms with E-state index in [1.807, 2.05) is 12.3 Å². The Labute approximate surface area is 107 Å². The lowest BCUT2D eigenvalue weighted by molar-refractivity contribution is 0.427. The maximum Gasteiger partial charge on any atom is 0.134 e. The normalized spacial score (nSPS) is 12.9. The molecule has 0 aliphatic heterocycles. The molecule has 0 saturated carbocycles. The maximum absolute atomic E-state index is 5.39. The van der Waals surface area contributed by atoms with Gasteiger partial charge in [-0.1, -0.05) is 0 Å². The fourth-order valence-corrected chi connectivity index (χ4v) is 2.71. The van der Waals surface area contributed by atoms with E-state index in [1.54, 1.807) is 17.6 Å². The van der Waals surface area contributed by atoms with Crippen molar-refractivity contribution in [2.75, 3.05) is 0 Å². The molecule has 16 heavy (non-hydrogen) atoms. The number of hydrogen-bond donors (Lipinski definition) is 1. The van der Waals surface area contributed by atoms with Crippen LogP contribution in [0.15, 0.2) is 27.4 Å². The highest BCUT2D eigenvalue weighted by atomic mass is 79.9. The number of aryl methyl sites for hydroxylation is 1. The molecule has 1 N–H and O–H groups in total. The summed E-state index contributed by atoms with van der Waals surface area (Å²) in [6.07, 6.45) is 3.58. The highest BCUT2D eigenvalue weighted by Gasteiger charge is 2.12. The predicted molar refractivity (Wildman–Crippen MR) is 68.5 cm³/mol. The first-order valence-corrected chi connectivity index (χ1v) is 6.65. The Kier molecular flexibility index (Phi) is 3.78. The van der Waals surface area contributed by atoms with E-state index in [0.29, 0.717) is 0 Å². The van der Waals surface area contributed by atoms with Crippen molar-refractivity contribution in [3.63, 3.8) is 0 Å². The number of halogens is 1. The van der Waals surface area contributed by atoms with Crippen LogP contribution in [0, 0.1) is 6.92 Å². The Balaban J connectivity index is 1.93. The molecule has 0 aliphatic rings. The predicted octanol–water partition coefficient (Wildman–Crippen LogP) is 3.66. The average molecular weight is 301 g/mol. The quantitative estimate of drug-likeness (QED) is 0.936. The summed E-state index contributed by atoms with van der Waals surface area (Å²) in [6, 6.07) is 2.08. The Hall–Kier alpha value is -0.650. The van der Waals surface area contributed by atoms with Gasteiger partial charge in [-0.3, -0.25) is 0 Å². The number of nitrogens with zero attached hydrogens (tertiary/aromatic N) is 1. The van der Waals surface area contributed by atoms with Gasteiger partial charge < -0.3 is 9.73 Å². The van der Waals surface area contributed by atoms with Gasteiger partial charge in [0.25, 0.3) is 0 Å². The number of rotatable bonds is 4. The lowest BCUT2D eigenvalue weighted by Gasteiger charge is -2.10. The topological polar surface area (TPSA) is 38.1 Å². The van der Waals surface area contributed by atoms with Crippen molar-refractivity contribution in [2.45, 2.75) is 26.4 Å². The van der Waals surface area contributed by atoms with Gasteiger partial charge >= 0.3 is 0 Å². The van der Waals surface area contributed by atoms with E-state index in [0.717, 1.165) is 21.8 Å². The molecule has 0 fully saturated rings. The molecule has 5 heteroatoms. The summed E-state index contributed by atoms with van der Waals surface area (Å²) in [7, 11) is 0. The van der Waals surface area contributed by atoms with Gasteiger partial charge in [-0.2, -0.15) is 0 Å². The van der Waals surface area contributed by atoms with E-state index in [2.05, 4.69) is 40.1 Å². The second-order valence-corrected chi connectivity index (χ2v) is 5.77. The third-order valence-electron chi connectivity index (χ3n) is 2.27. The molecule has 0 spiro atoms. The fraction of sp³-hybridized carbons (Fsp3) is 0.364. The van der Waals surface area contributed by atoms with E-state index < -0.39 is 0 Å². The third kappa shape index (κ3) is 2.72. The molecular weight excluding hydrogens is 288 g/mol. The number of aromatic nitrogens is 1. The van der Waals surface area contributed by atoms with E-state index in [4.69, 9.17) is 4.42 Å². The van der Waals surface area contributed by atoms with Crippen LogP contribution >= 0.6 is 27.3 Å². The summed E-state index contributed by atoms with van der Waals surface area (Å²) in [4.78, 5) is 5.54. The van der Waals surface area contributed by atoms with Gasteiger partial charge in [-0.15, -0.1) is 11.3 Å². The van der Waals surface area contributed by atoms with Crippen molar-refractivity contribution in [2.24, 2.45) is 0 Å². The summed E-state index contributed by atoms with van der Waals surface area (Å²) in [5.74, 6) is 0.924. The van der Waals surface area contributed by atoms with Crippen molar-refractivity contribution in [1.82, 2.24) is 10.3 Å². The molecule has 1 atom stereocenters. The molecule has 2 rings (SSSR count). The second-order valence-electron chi connectivity index (χ2n) is 3.60. The van der Waals surface area contributed by atoms with Crippen LogP contribution in [-0.4, -0.2) is 4.98 Å². The van der Waals surface area contributed by atoms with E-state index in [-0.39, 0.29) is 6.04 Å². The zero-order valence-electron chi connectivity index (χ0n) is 9.16. The van der Waals surface area contributed by atoms with Crippen molar-refractivity contribution in [3.05, 3.63) is 38.6 Å². The van der Waals surface area contributed by atoms with Crippen molar-refractivity contribution < 1.29 is 4.42 Å². The molecule has 0 aliphatic carbocycles. The van der Waals surface area contributed by atoms with Gasteiger partial charge in [0.1, 0.15) is 10.8 Å². The summed E-state index contributed by atoms with van der Waals surface area (Å²) < 4.78 is 6.40. The minimum Gasteiger partial charge on any atom is -0.466 e. The number of nitrogens with one attached hydrogen (secondary N) is 1. The van der Waals surface area contributed by atoms with Crippen LogP contribution in [0.2, 0.25) is 0 Å². The molecule has 3 nitrogen and oxygen atoms in total. The molecule has 0 bridgehead atoms. The molecule has 2 aromatic rings. The molecular formula is C11H13BrN2OS. The molecule has 2 heterocycles. The minimum atomic E-state index is 0.175. The average Bonchev–Trinajstić information content (AvgIpc) is 2.84. The first kappa shape index (κ1) is 11.8. The minimum absolute atomic E-state index is 0.175. The van der Waals surface area contributed by atoms with E-state index in [1.165, 1.54) is 4.88 Å². The molecule has 0 aromatic carbocycles. The van der Waals surface area contributed by atoms with Crippen LogP contribution < -0.4 is 5.32 Å². The number of furan rings is 1. The highest BCUT2D eigenvalue weighted by molar-refractivity contribution is 9.10. The first-order valence-electron chi connectivity index (χ1n) is 5.04. The van der Waals surface area contributed by atoms with E-state index >= 15 is 0 Å². The molecule has 86 valence electrons. The monoisotopic (exact) mass is 300 g/mol. The van der Waals surface area contributed by atoms with Crippen LogP contribution in [0.1, 0.15) is 28.6 Å². The Morgan fingerprint density at radius 1 is 1.62 bits per heavy atom. The van der Waals surface area contributed by atoms with Crippen molar-refractivity contribution >= 4 is 27.3 Å². The fourth-order valence-electron chi connectivity index (χ4n) is 1.43.